The van der Waals surface area contributed by atoms with Crippen LogP contribution >= 0.6 is 0 Å². The zero-order valence-electron chi connectivity index (χ0n) is 17.2. The first-order valence-corrected chi connectivity index (χ1v) is 9.42. The van der Waals surface area contributed by atoms with Crippen LogP contribution in [0.15, 0.2) is 18.2 Å². The first-order chi connectivity index (χ1) is 14.8. The lowest BCUT2D eigenvalue weighted by atomic mass is 9.79. The number of rotatable bonds is 7. The lowest BCUT2D eigenvalue weighted by Crippen LogP contribution is -2.65. The third-order valence-corrected chi connectivity index (χ3v) is 5.10. The normalized spacial score (nSPS) is 17.2. The summed E-state index contributed by atoms with van der Waals surface area (Å²) in [6, 6.07) is 4.43. The van der Waals surface area contributed by atoms with Crippen LogP contribution in [0.25, 0.3) is 0 Å². The molecule has 0 bridgehead atoms. The molecular weight excluding hydrogens is 450 g/mol. The van der Waals surface area contributed by atoms with Crippen molar-refractivity contribution in [2.24, 2.45) is 0 Å². The van der Waals surface area contributed by atoms with Crippen LogP contribution in [0.5, 0.6) is 11.5 Å². The summed E-state index contributed by atoms with van der Waals surface area (Å²) < 4.78 is 92.9. The minimum atomic E-state index is -5.39. The van der Waals surface area contributed by atoms with Crippen molar-refractivity contribution in [3.63, 3.8) is 0 Å². The van der Waals surface area contributed by atoms with Gasteiger partial charge >= 0.3 is 24.2 Å². The molecule has 7 nitrogen and oxygen atoms in total. The number of piperidine rings is 1. The fourth-order valence-electron chi connectivity index (χ4n) is 3.56. The second-order valence-corrected chi connectivity index (χ2v) is 7.11. The van der Waals surface area contributed by atoms with Crippen molar-refractivity contribution in [2.45, 2.75) is 43.3 Å². The van der Waals surface area contributed by atoms with Crippen molar-refractivity contribution >= 4 is 11.9 Å². The van der Waals surface area contributed by atoms with Gasteiger partial charge in [-0.05, 0) is 32.0 Å². The molecule has 1 aliphatic rings. The Morgan fingerprint density at radius 2 is 1.69 bits per heavy atom. The number of hydrogen-bond donors (Lipinski definition) is 2. The predicted octanol–water partition coefficient (Wildman–Crippen LogP) is 2.52. The Labute approximate surface area is 179 Å². The molecule has 1 aromatic carbocycles. The molecule has 2 N–H and O–H groups in total. The Bertz CT molecular complexity index is 821. The van der Waals surface area contributed by atoms with Crippen LogP contribution in [0.1, 0.15) is 18.4 Å². The summed E-state index contributed by atoms with van der Waals surface area (Å²) in [5.41, 5.74) is -1.70. The van der Waals surface area contributed by atoms with Gasteiger partial charge in [-0.3, -0.25) is 4.79 Å². The molecule has 2 rings (SSSR count). The van der Waals surface area contributed by atoms with Crippen LogP contribution in [-0.4, -0.2) is 63.2 Å². The van der Waals surface area contributed by atoms with Crippen molar-refractivity contribution in [1.82, 2.24) is 10.6 Å². The SMILES string of the molecule is COc1cccc(CC(OC(=O)C(F)(F)F)C2(NC(=O)C(F)(F)F)CCNCC2)c1OC. The second-order valence-electron chi connectivity index (χ2n) is 7.11. The number of para-hydroxylation sites is 1. The molecule has 13 heteroatoms. The standard InChI is InChI=1S/C19H22F6N2O5/c1-30-12-5-3-4-11(14(12)31-2)10-13(32-16(29)19(23,24)25)17(6-8-26-9-7-17)27-15(28)18(20,21)22/h3-5,13,26H,6-10H2,1-2H3,(H,27,28). The maximum Gasteiger partial charge on any atom is 0.490 e. The summed E-state index contributed by atoms with van der Waals surface area (Å²) in [7, 11) is 2.59. The maximum atomic E-state index is 13.0. The summed E-state index contributed by atoms with van der Waals surface area (Å²) in [5.74, 6) is -4.60. The molecular formula is C19H22F6N2O5. The second kappa shape index (κ2) is 9.84. The van der Waals surface area contributed by atoms with Gasteiger partial charge in [0, 0.05) is 12.0 Å². The van der Waals surface area contributed by atoms with E-state index in [0.717, 1.165) is 0 Å². The van der Waals surface area contributed by atoms with E-state index in [1.54, 1.807) is 5.32 Å². The number of benzene rings is 1. The van der Waals surface area contributed by atoms with Gasteiger partial charge in [0.2, 0.25) is 0 Å². The minimum Gasteiger partial charge on any atom is -0.493 e. The third-order valence-electron chi connectivity index (χ3n) is 5.10. The first kappa shape index (κ1) is 25.6. The molecule has 1 unspecified atom stereocenters. The number of methoxy groups -OCH3 is 2. The molecule has 1 heterocycles. The van der Waals surface area contributed by atoms with Gasteiger partial charge in [-0.25, -0.2) is 4.79 Å². The lowest BCUT2D eigenvalue weighted by molar-refractivity contribution is -0.210. The number of hydrogen-bond acceptors (Lipinski definition) is 6. The van der Waals surface area contributed by atoms with Crippen LogP contribution in [0.3, 0.4) is 0 Å². The summed E-state index contributed by atoms with van der Waals surface area (Å²) in [6.07, 6.45) is -13.4. The molecule has 0 spiro atoms. The van der Waals surface area contributed by atoms with E-state index >= 15 is 0 Å². The zero-order valence-corrected chi connectivity index (χ0v) is 17.2. The number of esters is 1. The summed E-state index contributed by atoms with van der Waals surface area (Å²) in [5, 5.41) is 4.65. The highest BCUT2D eigenvalue weighted by Gasteiger charge is 2.52. The van der Waals surface area contributed by atoms with Crippen LogP contribution in [-0.2, 0) is 20.7 Å². The Kier molecular flexibility index (Phi) is 7.86. The number of ether oxygens (including phenoxy) is 3. The fourth-order valence-corrected chi connectivity index (χ4v) is 3.56. The van der Waals surface area contributed by atoms with E-state index < -0.39 is 42.3 Å². The molecule has 180 valence electrons. The van der Waals surface area contributed by atoms with Gasteiger partial charge in [-0.15, -0.1) is 0 Å². The lowest BCUT2D eigenvalue weighted by Gasteiger charge is -2.44. The van der Waals surface area contributed by atoms with Crippen molar-refractivity contribution in [3.05, 3.63) is 23.8 Å². The number of amides is 1. The third kappa shape index (κ3) is 5.96. The number of carbonyl (C=O) groups excluding carboxylic acids is 2. The molecule has 1 amide bonds. The van der Waals surface area contributed by atoms with E-state index in [9.17, 15) is 35.9 Å². The first-order valence-electron chi connectivity index (χ1n) is 9.42. The van der Waals surface area contributed by atoms with Gasteiger partial charge in [-0.1, -0.05) is 12.1 Å². The molecule has 0 aromatic heterocycles. The summed E-state index contributed by atoms with van der Waals surface area (Å²) >= 11 is 0. The van der Waals surface area contributed by atoms with E-state index in [1.165, 1.54) is 32.4 Å². The van der Waals surface area contributed by atoms with E-state index in [0.29, 0.717) is 0 Å². The largest absolute Gasteiger partial charge is 0.493 e. The van der Waals surface area contributed by atoms with Crippen molar-refractivity contribution in [2.75, 3.05) is 27.3 Å². The molecule has 1 atom stereocenters. The minimum absolute atomic E-state index is 0.0768. The van der Waals surface area contributed by atoms with Gasteiger partial charge in [0.15, 0.2) is 11.5 Å². The zero-order chi connectivity index (χ0) is 24.2. The molecule has 0 radical (unpaired) electrons. The Balaban J connectivity index is 2.53. The van der Waals surface area contributed by atoms with Gasteiger partial charge < -0.3 is 24.8 Å². The molecule has 0 aliphatic carbocycles. The molecule has 1 aromatic rings. The quantitative estimate of drug-likeness (QED) is 0.469. The van der Waals surface area contributed by atoms with Gasteiger partial charge in [-0.2, -0.15) is 26.3 Å². The van der Waals surface area contributed by atoms with Crippen LogP contribution in [0, 0.1) is 0 Å². The molecule has 1 fully saturated rings. The van der Waals surface area contributed by atoms with Crippen molar-refractivity contribution in [1.29, 1.82) is 0 Å². The van der Waals surface area contributed by atoms with E-state index in [1.807, 2.05) is 0 Å². The Morgan fingerprint density at radius 3 is 2.19 bits per heavy atom. The smallest absolute Gasteiger partial charge is 0.490 e. The van der Waals surface area contributed by atoms with Gasteiger partial charge in [0.1, 0.15) is 6.10 Å². The van der Waals surface area contributed by atoms with E-state index in [2.05, 4.69) is 10.1 Å². The van der Waals surface area contributed by atoms with Crippen molar-refractivity contribution < 1.29 is 50.1 Å². The molecule has 0 saturated carbocycles. The van der Waals surface area contributed by atoms with Gasteiger partial charge in [0.05, 0.1) is 19.8 Å². The Hall–Kier alpha value is -2.70. The molecule has 1 aliphatic heterocycles. The average Bonchev–Trinajstić information content (AvgIpc) is 2.72. The highest BCUT2D eigenvalue weighted by Crippen LogP contribution is 2.36. The van der Waals surface area contributed by atoms with Crippen LogP contribution < -0.4 is 20.1 Å². The predicted molar refractivity (Wildman–Crippen MR) is 98.2 cm³/mol. The van der Waals surface area contributed by atoms with Crippen LogP contribution in [0.4, 0.5) is 26.3 Å². The fraction of sp³-hybridized carbons (Fsp3) is 0.579. The molecule has 1 saturated heterocycles. The maximum absolute atomic E-state index is 13.0. The number of halogens is 6. The summed E-state index contributed by atoms with van der Waals surface area (Å²) in [6.45, 7) is 0.154. The van der Waals surface area contributed by atoms with Crippen LogP contribution in [0.2, 0.25) is 0 Å². The molecule has 32 heavy (non-hydrogen) atoms. The monoisotopic (exact) mass is 472 g/mol. The Morgan fingerprint density at radius 1 is 1.06 bits per heavy atom. The summed E-state index contributed by atoms with van der Waals surface area (Å²) in [4.78, 5) is 23.4. The number of alkyl halides is 6. The van der Waals surface area contributed by atoms with Crippen molar-refractivity contribution in [3.8, 4) is 11.5 Å². The topological polar surface area (TPSA) is 85.9 Å². The number of carbonyl (C=O) groups is 2. The van der Waals surface area contributed by atoms with Gasteiger partial charge in [0.25, 0.3) is 0 Å². The number of nitrogens with one attached hydrogen (secondary N) is 2. The highest BCUT2D eigenvalue weighted by atomic mass is 19.4. The average molecular weight is 472 g/mol. The van der Waals surface area contributed by atoms with E-state index in [4.69, 9.17) is 9.47 Å². The van der Waals surface area contributed by atoms with E-state index in [-0.39, 0.29) is 43.0 Å². The highest BCUT2D eigenvalue weighted by molar-refractivity contribution is 5.82.